The second kappa shape index (κ2) is 8.34. The molecule has 0 radical (unpaired) electrons. The Balaban J connectivity index is 1.40. The van der Waals surface area contributed by atoms with Crippen LogP contribution in [0.5, 0.6) is 0 Å². The van der Waals surface area contributed by atoms with Gasteiger partial charge in [-0.2, -0.15) is 0 Å². The standard InChI is InChI=1S/C23H18N2O4S/c1-14(21(26)18-13-24-19-6-3-2-5-17(18)19)29-23(28)15-8-10-16(11-9-15)25-22(27)20-7-4-12-30-20/h2-14,24H,1H3,(H,25,27). The number of ether oxygens (including phenoxy) is 1. The summed E-state index contributed by atoms with van der Waals surface area (Å²) in [5, 5.41) is 5.38. The number of H-pyrrole nitrogens is 1. The van der Waals surface area contributed by atoms with E-state index in [1.165, 1.54) is 11.3 Å². The first-order chi connectivity index (χ1) is 14.5. The molecule has 4 rings (SSSR count). The molecule has 2 aromatic carbocycles. The first-order valence-corrected chi connectivity index (χ1v) is 10.2. The first kappa shape index (κ1) is 19.6. The number of thiophene rings is 1. The molecule has 1 amide bonds. The van der Waals surface area contributed by atoms with Crippen molar-refractivity contribution in [3.05, 3.63) is 88.2 Å². The van der Waals surface area contributed by atoms with Crippen LogP contribution in [0.4, 0.5) is 5.69 Å². The number of hydrogen-bond donors (Lipinski definition) is 2. The molecule has 0 saturated heterocycles. The predicted molar refractivity (Wildman–Crippen MR) is 116 cm³/mol. The number of ketones is 1. The van der Waals surface area contributed by atoms with E-state index in [2.05, 4.69) is 10.3 Å². The number of hydrogen-bond acceptors (Lipinski definition) is 5. The molecule has 30 heavy (non-hydrogen) atoms. The highest BCUT2D eigenvalue weighted by Gasteiger charge is 2.23. The summed E-state index contributed by atoms with van der Waals surface area (Å²) in [5.74, 6) is -1.09. The molecule has 0 fully saturated rings. The fraction of sp³-hybridized carbons (Fsp3) is 0.0870. The van der Waals surface area contributed by atoms with Crippen LogP contribution in [0.15, 0.2) is 72.2 Å². The van der Waals surface area contributed by atoms with E-state index in [1.54, 1.807) is 49.5 Å². The number of rotatable bonds is 6. The van der Waals surface area contributed by atoms with Gasteiger partial charge >= 0.3 is 5.97 Å². The lowest BCUT2D eigenvalue weighted by Crippen LogP contribution is -2.24. The number of esters is 1. The Morgan fingerprint density at radius 3 is 2.50 bits per heavy atom. The van der Waals surface area contributed by atoms with Crippen molar-refractivity contribution in [1.82, 2.24) is 4.98 Å². The minimum absolute atomic E-state index is 0.210. The van der Waals surface area contributed by atoms with Gasteiger partial charge in [0.1, 0.15) is 0 Å². The number of carbonyl (C=O) groups is 3. The Bertz CT molecular complexity index is 1210. The molecule has 0 aliphatic rings. The highest BCUT2D eigenvalue weighted by Crippen LogP contribution is 2.21. The van der Waals surface area contributed by atoms with E-state index < -0.39 is 12.1 Å². The highest BCUT2D eigenvalue weighted by molar-refractivity contribution is 7.12. The number of para-hydroxylation sites is 1. The minimum atomic E-state index is -0.935. The van der Waals surface area contributed by atoms with Gasteiger partial charge in [0.2, 0.25) is 5.78 Å². The van der Waals surface area contributed by atoms with Crippen molar-refractivity contribution < 1.29 is 19.1 Å². The molecule has 2 heterocycles. The van der Waals surface area contributed by atoms with E-state index in [0.717, 1.165) is 10.9 Å². The van der Waals surface area contributed by atoms with Crippen LogP contribution < -0.4 is 5.32 Å². The van der Waals surface area contributed by atoms with Gasteiger partial charge in [0.15, 0.2) is 6.10 Å². The van der Waals surface area contributed by atoms with E-state index in [9.17, 15) is 14.4 Å². The van der Waals surface area contributed by atoms with Crippen molar-refractivity contribution in [1.29, 1.82) is 0 Å². The van der Waals surface area contributed by atoms with Crippen LogP contribution in [-0.4, -0.2) is 28.7 Å². The van der Waals surface area contributed by atoms with Crippen LogP contribution in [0, 0.1) is 0 Å². The van der Waals surface area contributed by atoms with Gasteiger partial charge in [0.25, 0.3) is 5.91 Å². The molecular weight excluding hydrogens is 400 g/mol. The molecular formula is C23H18N2O4S. The van der Waals surface area contributed by atoms with Gasteiger partial charge in [-0.3, -0.25) is 9.59 Å². The number of aromatic nitrogens is 1. The number of aromatic amines is 1. The molecule has 1 atom stereocenters. The largest absolute Gasteiger partial charge is 0.451 e. The predicted octanol–water partition coefficient (Wildman–Crippen LogP) is 4.91. The summed E-state index contributed by atoms with van der Waals surface area (Å²) in [6.45, 7) is 1.55. The number of anilines is 1. The third-order valence-corrected chi connectivity index (χ3v) is 5.50. The number of benzene rings is 2. The van der Waals surface area contributed by atoms with E-state index in [4.69, 9.17) is 4.74 Å². The van der Waals surface area contributed by atoms with E-state index >= 15 is 0 Å². The maximum atomic E-state index is 12.7. The van der Waals surface area contributed by atoms with Crippen molar-refractivity contribution in [2.75, 3.05) is 5.32 Å². The van der Waals surface area contributed by atoms with Gasteiger partial charge in [0.05, 0.1) is 10.4 Å². The molecule has 7 heteroatoms. The molecule has 0 aliphatic carbocycles. The van der Waals surface area contributed by atoms with Gasteiger partial charge in [-0.15, -0.1) is 11.3 Å². The summed E-state index contributed by atoms with van der Waals surface area (Å²) in [5.41, 5.74) is 2.19. The second-order valence-corrected chi connectivity index (χ2v) is 7.62. The van der Waals surface area contributed by atoms with Crippen molar-refractivity contribution in [2.24, 2.45) is 0 Å². The fourth-order valence-electron chi connectivity index (χ4n) is 3.07. The summed E-state index contributed by atoms with van der Waals surface area (Å²) in [4.78, 5) is 40.9. The molecule has 0 bridgehead atoms. The molecule has 2 aromatic heterocycles. The van der Waals surface area contributed by atoms with Crippen molar-refractivity contribution in [3.63, 3.8) is 0 Å². The zero-order valence-corrected chi connectivity index (χ0v) is 16.9. The smallest absolute Gasteiger partial charge is 0.338 e. The molecule has 0 aliphatic heterocycles. The van der Waals surface area contributed by atoms with Gasteiger partial charge in [-0.05, 0) is 48.7 Å². The van der Waals surface area contributed by atoms with Crippen molar-refractivity contribution in [3.8, 4) is 0 Å². The Labute approximate surface area is 176 Å². The van der Waals surface area contributed by atoms with Gasteiger partial charge in [-0.25, -0.2) is 4.79 Å². The monoisotopic (exact) mass is 418 g/mol. The topological polar surface area (TPSA) is 88.3 Å². The number of amides is 1. The molecule has 6 nitrogen and oxygen atoms in total. The minimum Gasteiger partial charge on any atom is -0.451 e. The van der Waals surface area contributed by atoms with Crippen molar-refractivity contribution >= 4 is 45.6 Å². The quantitative estimate of drug-likeness (QED) is 0.344. The average molecular weight is 418 g/mol. The molecule has 2 N–H and O–H groups in total. The van der Waals surface area contributed by atoms with E-state index in [0.29, 0.717) is 21.7 Å². The summed E-state index contributed by atoms with van der Waals surface area (Å²) < 4.78 is 5.36. The van der Waals surface area contributed by atoms with Crippen LogP contribution in [-0.2, 0) is 4.74 Å². The van der Waals surface area contributed by atoms with Crippen LogP contribution >= 0.6 is 11.3 Å². The lowest BCUT2D eigenvalue weighted by Gasteiger charge is -2.12. The Morgan fingerprint density at radius 1 is 1.00 bits per heavy atom. The Hall–Kier alpha value is -3.71. The first-order valence-electron chi connectivity index (χ1n) is 9.29. The van der Waals surface area contributed by atoms with Crippen LogP contribution in [0.25, 0.3) is 10.9 Å². The zero-order chi connectivity index (χ0) is 21.1. The third-order valence-electron chi connectivity index (χ3n) is 4.63. The highest BCUT2D eigenvalue weighted by atomic mass is 32.1. The summed E-state index contributed by atoms with van der Waals surface area (Å²) >= 11 is 1.35. The van der Waals surface area contributed by atoms with Gasteiger partial charge in [-0.1, -0.05) is 24.3 Å². The molecule has 1 unspecified atom stereocenters. The van der Waals surface area contributed by atoms with E-state index in [-0.39, 0.29) is 11.7 Å². The lowest BCUT2D eigenvalue weighted by molar-refractivity contribution is 0.0319. The molecule has 4 aromatic rings. The third kappa shape index (κ3) is 4.01. The maximum absolute atomic E-state index is 12.7. The normalized spacial score (nSPS) is 11.8. The van der Waals surface area contributed by atoms with Crippen LogP contribution in [0.3, 0.4) is 0 Å². The summed E-state index contributed by atoms with van der Waals surface area (Å²) in [6.07, 6.45) is 0.692. The fourth-order valence-corrected chi connectivity index (χ4v) is 3.69. The van der Waals surface area contributed by atoms with E-state index in [1.807, 2.05) is 29.6 Å². The summed E-state index contributed by atoms with van der Waals surface area (Å²) in [7, 11) is 0. The average Bonchev–Trinajstić information content (AvgIpc) is 3.44. The van der Waals surface area contributed by atoms with Gasteiger partial charge < -0.3 is 15.0 Å². The van der Waals surface area contributed by atoms with Crippen LogP contribution in [0.2, 0.25) is 0 Å². The SMILES string of the molecule is CC(OC(=O)c1ccc(NC(=O)c2cccs2)cc1)C(=O)c1c[nH]c2ccccc12. The van der Waals surface area contributed by atoms with Gasteiger partial charge in [0, 0.05) is 28.4 Å². The zero-order valence-electron chi connectivity index (χ0n) is 16.0. The van der Waals surface area contributed by atoms with Crippen molar-refractivity contribution in [2.45, 2.75) is 13.0 Å². The Kier molecular flexibility index (Phi) is 5.45. The Morgan fingerprint density at radius 2 is 1.77 bits per heavy atom. The molecule has 0 spiro atoms. The maximum Gasteiger partial charge on any atom is 0.338 e. The number of carbonyl (C=O) groups excluding carboxylic acids is 3. The number of nitrogens with one attached hydrogen (secondary N) is 2. The van der Waals surface area contributed by atoms with Crippen LogP contribution in [0.1, 0.15) is 37.3 Å². The number of Topliss-reactive ketones (excluding diaryl/α,β-unsaturated/α-hetero) is 1. The summed E-state index contributed by atoms with van der Waals surface area (Å²) in [6, 6.07) is 17.3. The lowest BCUT2D eigenvalue weighted by atomic mass is 10.1. The molecule has 150 valence electrons. The molecule has 0 saturated carbocycles. The second-order valence-electron chi connectivity index (χ2n) is 6.67. The number of fused-ring (bicyclic) bond motifs is 1.